The minimum Gasteiger partial charge on any atom is -0.299 e. The van der Waals surface area contributed by atoms with Gasteiger partial charge in [0.05, 0.1) is 17.2 Å². The van der Waals surface area contributed by atoms with Gasteiger partial charge >= 0.3 is 15.5 Å². The summed E-state index contributed by atoms with van der Waals surface area (Å²) in [6.07, 6.45) is 5.62. The van der Waals surface area contributed by atoms with Gasteiger partial charge in [0.15, 0.2) is 5.78 Å². The molecule has 3 aliphatic carbocycles. The first kappa shape index (κ1) is 17.2. The maximum atomic E-state index is 13.2. The van der Waals surface area contributed by atoms with Crippen molar-refractivity contribution in [3.05, 3.63) is 23.9 Å². The van der Waals surface area contributed by atoms with Crippen molar-refractivity contribution < 1.29 is 31.2 Å². The molecule has 1 heterocycles. The van der Waals surface area contributed by atoms with Crippen LogP contribution in [0.4, 0.5) is 13.2 Å². The average molecular weight is 363 g/mol. The molecule has 9 heteroatoms. The highest BCUT2D eigenvalue weighted by Crippen LogP contribution is 2.58. The van der Waals surface area contributed by atoms with Crippen LogP contribution in [0.3, 0.4) is 0 Å². The number of sulfonamides is 1. The predicted molar refractivity (Wildman–Crippen MR) is 77.8 cm³/mol. The lowest BCUT2D eigenvalue weighted by Gasteiger charge is -2.51. The number of hydrogen-bond acceptors (Lipinski definition) is 4. The molecule has 1 aliphatic heterocycles. The van der Waals surface area contributed by atoms with E-state index in [1.54, 1.807) is 12.2 Å². The van der Waals surface area contributed by atoms with E-state index < -0.39 is 56.1 Å². The molecule has 4 atom stereocenters. The summed E-state index contributed by atoms with van der Waals surface area (Å²) in [5.41, 5.74) is -7.51. The largest absolute Gasteiger partial charge is 0.516 e. The highest BCUT2D eigenvalue weighted by atomic mass is 32.2. The number of carbonyl (C=O) groups excluding carboxylic acids is 2. The zero-order chi connectivity index (χ0) is 18.1. The van der Waals surface area contributed by atoms with Gasteiger partial charge in [-0.25, -0.2) is 0 Å². The quantitative estimate of drug-likeness (QED) is 0.721. The Kier molecular flexibility index (Phi) is 3.53. The third-order valence-corrected chi connectivity index (χ3v) is 6.82. The van der Waals surface area contributed by atoms with Crippen molar-refractivity contribution in [2.24, 2.45) is 17.3 Å². The summed E-state index contributed by atoms with van der Waals surface area (Å²) in [5.74, 6) is -2.18. The van der Waals surface area contributed by atoms with Gasteiger partial charge in [-0.15, -0.1) is 0 Å². The van der Waals surface area contributed by atoms with Gasteiger partial charge in [-0.2, -0.15) is 21.6 Å². The Morgan fingerprint density at radius 3 is 2.25 bits per heavy atom. The highest BCUT2D eigenvalue weighted by molar-refractivity contribution is 7.90. The number of nitrogens with zero attached hydrogens (tertiary/aromatic N) is 1. The number of hydrogen-bond donors (Lipinski definition) is 0. The Morgan fingerprint density at radius 1 is 1.21 bits per heavy atom. The fraction of sp³-hybridized carbons (Fsp3) is 0.600. The Morgan fingerprint density at radius 2 is 1.83 bits per heavy atom. The molecule has 1 saturated carbocycles. The number of ketones is 2. The Balaban J connectivity index is 2.28. The van der Waals surface area contributed by atoms with E-state index >= 15 is 0 Å². The zero-order valence-electron chi connectivity index (χ0n) is 13.0. The van der Waals surface area contributed by atoms with Gasteiger partial charge in [-0.3, -0.25) is 13.9 Å². The van der Waals surface area contributed by atoms with Crippen molar-refractivity contribution in [3.8, 4) is 0 Å². The van der Waals surface area contributed by atoms with Crippen LogP contribution in [0.2, 0.25) is 0 Å². The first-order valence-corrected chi connectivity index (χ1v) is 8.92. The van der Waals surface area contributed by atoms with Crippen molar-refractivity contribution in [2.45, 2.75) is 38.2 Å². The number of allylic oxidation sites excluding steroid dienone is 2. The van der Waals surface area contributed by atoms with E-state index in [1.165, 1.54) is 6.92 Å². The molecule has 0 unspecified atom stereocenters. The summed E-state index contributed by atoms with van der Waals surface area (Å²) < 4.78 is 64.0. The van der Waals surface area contributed by atoms with Gasteiger partial charge in [-0.1, -0.05) is 12.2 Å². The van der Waals surface area contributed by atoms with Gasteiger partial charge in [0, 0.05) is 6.92 Å². The molecule has 2 bridgehead atoms. The minimum atomic E-state index is -5.78. The lowest BCUT2D eigenvalue weighted by molar-refractivity contribution is -0.131. The molecule has 0 saturated heterocycles. The smallest absolute Gasteiger partial charge is 0.299 e. The molecule has 0 N–H and O–H groups in total. The number of fused-ring (bicyclic) bond motifs is 1. The van der Waals surface area contributed by atoms with Crippen LogP contribution in [0, 0.1) is 17.3 Å². The molecule has 4 aliphatic rings. The Bertz CT molecular complexity index is 783. The second-order valence-electron chi connectivity index (χ2n) is 6.50. The molecule has 5 nitrogen and oxygen atoms in total. The number of halogens is 3. The average Bonchev–Trinajstić information content (AvgIpc) is 2.87. The third kappa shape index (κ3) is 1.96. The van der Waals surface area contributed by atoms with Crippen LogP contribution < -0.4 is 0 Å². The van der Waals surface area contributed by atoms with E-state index in [2.05, 4.69) is 0 Å². The van der Waals surface area contributed by atoms with E-state index in [0.29, 0.717) is 12.8 Å². The van der Waals surface area contributed by atoms with Crippen LogP contribution in [0.5, 0.6) is 0 Å². The topological polar surface area (TPSA) is 71.5 Å². The molecule has 24 heavy (non-hydrogen) atoms. The fourth-order valence-corrected chi connectivity index (χ4v) is 5.59. The van der Waals surface area contributed by atoms with Crippen LogP contribution in [0.15, 0.2) is 23.9 Å². The number of Topliss-reactive ketones (excluding diaryl/α,β-unsaturated/α-hetero) is 2. The van der Waals surface area contributed by atoms with E-state index in [-0.39, 0.29) is 4.31 Å². The van der Waals surface area contributed by atoms with Crippen molar-refractivity contribution in [2.75, 3.05) is 0 Å². The SMILES string of the molecule is CC(=O)C1=C[C@]2(C(C)=O)[C@@H]3C=C[C@@H](CC3)[C@@H]2N1S(=O)(=O)C(F)(F)F. The number of rotatable bonds is 3. The first-order chi connectivity index (χ1) is 10.9. The lowest BCUT2D eigenvalue weighted by atomic mass is 9.55. The number of carbonyl (C=O) groups is 2. The highest BCUT2D eigenvalue weighted by Gasteiger charge is 2.66. The molecule has 1 fully saturated rings. The molecule has 0 aromatic heterocycles. The van der Waals surface area contributed by atoms with Crippen LogP contribution in [-0.4, -0.2) is 35.8 Å². The molecule has 4 rings (SSSR count). The summed E-state index contributed by atoms with van der Waals surface area (Å²) in [5, 5.41) is 0. The van der Waals surface area contributed by atoms with Gasteiger partial charge in [0.1, 0.15) is 5.78 Å². The molecular weight excluding hydrogens is 347 g/mol. The molecule has 0 aromatic rings. The summed E-state index contributed by atoms with van der Waals surface area (Å²) >= 11 is 0. The van der Waals surface area contributed by atoms with Gasteiger partial charge in [0.25, 0.3) is 0 Å². The molecule has 0 radical (unpaired) electrons. The molecular formula is C15H16F3NO4S. The van der Waals surface area contributed by atoms with E-state index in [9.17, 15) is 31.2 Å². The minimum absolute atomic E-state index is 0.164. The lowest BCUT2D eigenvalue weighted by Crippen LogP contribution is -2.59. The van der Waals surface area contributed by atoms with Gasteiger partial charge in [0.2, 0.25) is 0 Å². The monoisotopic (exact) mass is 363 g/mol. The number of alkyl halides is 3. The van der Waals surface area contributed by atoms with E-state index in [1.807, 2.05) is 0 Å². The van der Waals surface area contributed by atoms with E-state index in [0.717, 1.165) is 13.0 Å². The van der Waals surface area contributed by atoms with Crippen molar-refractivity contribution in [1.82, 2.24) is 4.31 Å². The van der Waals surface area contributed by atoms with Gasteiger partial charge in [-0.05, 0) is 37.7 Å². The third-order valence-electron chi connectivity index (χ3n) is 5.30. The molecule has 132 valence electrons. The second kappa shape index (κ2) is 4.93. The maximum absolute atomic E-state index is 13.2. The summed E-state index contributed by atoms with van der Waals surface area (Å²) in [7, 11) is -5.78. The van der Waals surface area contributed by atoms with Crippen LogP contribution >= 0.6 is 0 Å². The molecule has 0 spiro atoms. The van der Waals surface area contributed by atoms with Gasteiger partial charge < -0.3 is 0 Å². The second-order valence-corrected chi connectivity index (χ2v) is 8.31. The summed E-state index contributed by atoms with van der Waals surface area (Å²) in [6.45, 7) is 2.24. The van der Waals surface area contributed by atoms with Crippen LogP contribution in [-0.2, 0) is 19.6 Å². The van der Waals surface area contributed by atoms with Crippen molar-refractivity contribution >= 4 is 21.6 Å². The van der Waals surface area contributed by atoms with Crippen molar-refractivity contribution in [3.63, 3.8) is 0 Å². The van der Waals surface area contributed by atoms with Crippen LogP contribution in [0.25, 0.3) is 0 Å². The van der Waals surface area contributed by atoms with E-state index in [4.69, 9.17) is 0 Å². The zero-order valence-corrected chi connectivity index (χ0v) is 13.8. The standard InChI is InChI=1S/C15H16F3NO4S/c1-8(20)12-7-14(9(2)21)11-5-3-10(4-6-11)13(14)19(12)24(22,23)15(16,17)18/h3,5,7,10-11,13H,4,6H2,1-2H3/t10-,11+,13-,14-/m0/s1. The Labute approximate surface area is 137 Å². The predicted octanol–water partition coefficient (Wildman–Crippen LogP) is 2.16. The molecule has 0 amide bonds. The Hall–Kier alpha value is -1.64. The maximum Gasteiger partial charge on any atom is 0.516 e. The summed E-state index contributed by atoms with van der Waals surface area (Å²) in [6, 6.07) is -1.23. The first-order valence-electron chi connectivity index (χ1n) is 7.48. The van der Waals surface area contributed by atoms with Crippen molar-refractivity contribution in [1.29, 1.82) is 0 Å². The summed E-state index contributed by atoms with van der Waals surface area (Å²) in [4.78, 5) is 24.3. The molecule has 0 aromatic carbocycles. The normalized spacial score (nSPS) is 35.0. The van der Waals surface area contributed by atoms with Crippen LogP contribution in [0.1, 0.15) is 26.7 Å². The fourth-order valence-electron chi connectivity index (χ4n) is 4.29.